The molecule has 0 amide bonds. The zero-order valence-electron chi connectivity index (χ0n) is 16.7. The molecule has 0 saturated heterocycles. The molecule has 0 spiro atoms. The van der Waals surface area contributed by atoms with Gasteiger partial charge in [0.2, 0.25) is 0 Å². The minimum Gasteiger partial charge on any atom is -0.490 e. The smallest absolute Gasteiger partial charge is 0.161 e. The first-order chi connectivity index (χ1) is 14.1. The molecule has 3 aromatic rings. The molecule has 0 aliphatic carbocycles. The molecule has 5 heteroatoms. The van der Waals surface area contributed by atoms with Crippen molar-refractivity contribution in [3.05, 3.63) is 93.8 Å². The van der Waals surface area contributed by atoms with Gasteiger partial charge in [0.1, 0.15) is 12.4 Å². The normalized spacial score (nSPS) is 10.8. The molecule has 0 aromatic heterocycles. The summed E-state index contributed by atoms with van der Waals surface area (Å²) in [7, 11) is 0. The van der Waals surface area contributed by atoms with Crippen molar-refractivity contribution in [2.45, 2.75) is 33.5 Å². The predicted molar refractivity (Wildman–Crippen MR) is 115 cm³/mol. The maximum absolute atomic E-state index is 14.0. The predicted octanol–water partition coefficient (Wildman–Crippen LogP) is 6.06. The Labute approximate surface area is 176 Å². The minimum atomic E-state index is -0.382. The van der Waals surface area contributed by atoms with Gasteiger partial charge in [0.15, 0.2) is 11.5 Å². The van der Waals surface area contributed by atoms with Gasteiger partial charge < -0.3 is 14.8 Å². The van der Waals surface area contributed by atoms with Crippen LogP contribution in [0.5, 0.6) is 11.5 Å². The summed E-state index contributed by atoms with van der Waals surface area (Å²) in [6.45, 7) is 6.03. The van der Waals surface area contributed by atoms with E-state index in [1.165, 1.54) is 17.2 Å². The molecule has 29 heavy (non-hydrogen) atoms. The average Bonchev–Trinajstić information content (AvgIpc) is 2.71. The molecule has 0 bridgehead atoms. The minimum absolute atomic E-state index is 0.0383. The molecule has 0 aliphatic heterocycles. The van der Waals surface area contributed by atoms with Crippen LogP contribution in [0.4, 0.5) is 4.39 Å². The van der Waals surface area contributed by atoms with Crippen molar-refractivity contribution in [1.29, 1.82) is 0 Å². The Balaban J connectivity index is 1.64. The van der Waals surface area contributed by atoms with Crippen molar-refractivity contribution >= 4 is 11.6 Å². The topological polar surface area (TPSA) is 30.5 Å². The molecule has 1 N–H and O–H groups in total. The van der Waals surface area contributed by atoms with E-state index in [1.807, 2.05) is 25.1 Å². The van der Waals surface area contributed by atoms with Crippen molar-refractivity contribution in [2.24, 2.45) is 0 Å². The van der Waals surface area contributed by atoms with Gasteiger partial charge in [-0.15, -0.1) is 0 Å². The highest BCUT2D eigenvalue weighted by molar-refractivity contribution is 6.31. The van der Waals surface area contributed by atoms with Crippen LogP contribution in [0.2, 0.25) is 5.02 Å². The second-order valence-corrected chi connectivity index (χ2v) is 7.20. The van der Waals surface area contributed by atoms with Crippen molar-refractivity contribution in [1.82, 2.24) is 5.32 Å². The third-order valence-electron chi connectivity index (χ3n) is 4.52. The molecule has 0 heterocycles. The summed E-state index contributed by atoms with van der Waals surface area (Å²) in [6.07, 6.45) is 0. The molecule has 0 atom stereocenters. The number of aryl methyl sites for hydroxylation is 1. The van der Waals surface area contributed by atoms with E-state index < -0.39 is 0 Å². The average molecular weight is 414 g/mol. The van der Waals surface area contributed by atoms with Crippen LogP contribution in [0, 0.1) is 12.7 Å². The van der Waals surface area contributed by atoms with E-state index >= 15 is 0 Å². The van der Waals surface area contributed by atoms with Crippen LogP contribution in [0.1, 0.15) is 29.2 Å². The number of rotatable bonds is 9. The monoisotopic (exact) mass is 413 g/mol. The molecule has 0 fully saturated rings. The molecule has 152 valence electrons. The van der Waals surface area contributed by atoms with E-state index in [4.69, 9.17) is 21.1 Å². The number of nitrogens with one attached hydrogen (secondary N) is 1. The van der Waals surface area contributed by atoms with Crippen LogP contribution in [0.25, 0.3) is 0 Å². The van der Waals surface area contributed by atoms with Crippen molar-refractivity contribution < 1.29 is 13.9 Å². The number of hydrogen-bond acceptors (Lipinski definition) is 3. The fourth-order valence-corrected chi connectivity index (χ4v) is 3.14. The van der Waals surface area contributed by atoms with Crippen molar-refractivity contribution in [3.8, 4) is 11.5 Å². The first-order valence-electron chi connectivity index (χ1n) is 9.64. The standard InChI is InChI=1S/C24H25ClFNO2/c1-3-28-24-13-19(15-27-14-18-9-7-17(2)8-10-18)11-12-23(24)29-16-20-21(25)5-4-6-22(20)26/h4-13,27H,3,14-16H2,1-2H3. The molecule has 3 nitrogen and oxygen atoms in total. The summed E-state index contributed by atoms with van der Waals surface area (Å²) in [5.74, 6) is 0.815. The fraction of sp³-hybridized carbons (Fsp3) is 0.250. The Hall–Kier alpha value is -2.56. The van der Waals surface area contributed by atoms with Gasteiger partial charge in [0.05, 0.1) is 11.6 Å². The van der Waals surface area contributed by atoms with Crippen molar-refractivity contribution in [3.63, 3.8) is 0 Å². The summed E-state index contributed by atoms with van der Waals surface area (Å²) in [4.78, 5) is 0. The van der Waals surface area contributed by atoms with Crippen LogP contribution in [0.3, 0.4) is 0 Å². The summed E-state index contributed by atoms with van der Waals surface area (Å²) < 4.78 is 25.5. The Bertz CT molecular complexity index is 924. The second kappa shape index (κ2) is 10.3. The maximum Gasteiger partial charge on any atom is 0.161 e. The Kier molecular flexibility index (Phi) is 7.50. The van der Waals surface area contributed by atoms with Gasteiger partial charge in [-0.25, -0.2) is 4.39 Å². The lowest BCUT2D eigenvalue weighted by molar-refractivity contribution is 0.265. The summed E-state index contributed by atoms with van der Waals surface area (Å²) in [6, 6.07) is 18.8. The van der Waals surface area contributed by atoms with E-state index in [9.17, 15) is 4.39 Å². The zero-order valence-corrected chi connectivity index (χ0v) is 17.4. The van der Waals surface area contributed by atoms with Gasteiger partial charge in [-0.2, -0.15) is 0 Å². The first-order valence-corrected chi connectivity index (χ1v) is 10.0. The fourth-order valence-electron chi connectivity index (χ4n) is 2.93. The first kappa shape index (κ1) is 21.2. The molecule has 0 saturated carbocycles. The largest absolute Gasteiger partial charge is 0.490 e. The van der Waals surface area contributed by atoms with Gasteiger partial charge in [-0.05, 0) is 49.2 Å². The molecular formula is C24H25ClFNO2. The quantitative estimate of drug-likeness (QED) is 0.462. The SMILES string of the molecule is CCOc1cc(CNCc2ccc(C)cc2)ccc1OCc1c(F)cccc1Cl. The Morgan fingerprint density at radius 1 is 0.897 bits per heavy atom. The van der Waals surface area contributed by atoms with E-state index in [2.05, 4.69) is 36.5 Å². The summed E-state index contributed by atoms with van der Waals surface area (Å²) in [5.41, 5.74) is 3.90. The highest BCUT2D eigenvalue weighted by Gasteiger charge is 2.11. The highest BCUT2D eigenvalue weighted by Crippen LogP contribution is 2.30. The number of halogens is 2. The second-order valence-electron chi connectivity index (χ2n) is 6.79. The van der Waals surface area contributed by atoms with Crippen molar-refractivity contribution in [2.75, 3.05) is 6.61 Å². The van der Waals surface area contributed by atoms with Crippen LogP contribution in [-0.4, -0.2) is 6.61 Å². The summed E-state index contributed by atoms with van der Waals surface area (Å²) in [5, 5.41) is 3.78. The van der Waals surface area contributed by atoms with Crippen LogP contribution in [0.15, 0.2) is 60.7 Å². The molecular weight excluding hydrogens is 389 g/mol. The van der Waals surface area contributed by atoms with Gasteiger partial charge in [-0.1, -0.05) is 53.6 Å². The van der Waals surface area contributed by atoms with E-state index in [0.717, 1.165) is 12.1 Å². The van der Waals surface area contributed by atoms with E-state index in [-0.39, 0.29) is 12.4 Å². The van der Waals surface area contributed by atoms with Gasteiger partial charge in [0.25, 0.3) is 0 Å². The number of ether oxygens (including phenoxy) is 2. The number of benzene rings is 3. The third kappa shape index (κ3) is 5.96. The molecule has 0 unspecified atom stereocenters. The lowest BCUT2D eigenvalue weighted by atomic mass is 10.1. The zero-order chi connectivity index (χ0) is 20.6. The Morgan fingerprint density at radius 3 is 2.34 bits per heavy atom. The molecule has 3 aromatic carbocycles. The maximum atomic E-state index is 14.0. The third-order valence-corrected chi connectivity index (χ3v) is 4.87. The highest BCUT2D eigenvalue weighted by atomic mass is 35.5. The van der Waals surface area contributed by atoms with Gasteiger partial charge in [-0.3, -0.25) is 0 Å². The van der Waals surface area contributed by atoms with Crippen LogP contribution < -0.4 is 14.8 Å². The lowest BCUT2D eigenvalue weighted by Gasteiger charge is -2.15. The molecule has 3 rings (SSSR count). The van der Waals surface area contributed by atoms with Gasteiger partial charge in [0, 0.05) is 18.7 Å². The Morgan fingerprint density at radius 2 is 1.62 bits per heavy atom. The molecule has 0 aliphatic rings. The van der Waals surface area contributed by atoms with Gasteiger partial charge >= 0.3 is 0 Å². The van der Waals surface area contributed by atoms with E-state index in [1.54, 1.807) is 12.1 Å². The lowest BCUT2D eigenvalue weighted by Crippen LogP contribution is -2.13. The van der Waals surface area contributed by atoms with Crippen LogP contribution >= 0.6 is 11.6 Å². The number of hydrogen-bond donors (Lipinski definition) is 1. The molecule has 0 radical (unpaired) electrons. The van der Waals surface area contributed by atoms with Crippen LogP contribution in [-0.2, 0) is 19.7 Å². The summed E-state index contributed by atoms with van der Waals surface area (Å²) >= 11 is 6.08. The van der Waals surface area contributed by atoms with E-state index in [0.29, 0.717) is 35.2 Å².